The van der Waals surface area contributed by atoms with Gasteiger partial charge in [-0.05, 0) is 19.3 Å². The molecule has 0 aromatic heterocycles. The van der Waals surface area contributed by atoms with Crippen LogP contribution in [-0.2, 0) is 4.79 Å². The van der Waals surface area contributed by atoms with E-state index in [2.05, 4.69) is 27.9 Å². The lowest BCUT2D eigenvalue weighted by Gasteiger charge is -2.27. The highest BCUT2D eigenvalue weighted by Gasteiger charge is 2.24. The molecule has 0 aliphatic rings. The van der Waals surface area contributed by atoms with Crippen LogP contribution in [0.2, 0.25) is 0 Å². The highest BCUT2D eigenvalue weighted by Crippen LogP contribution is 2.17. The van der Waals surface area contributed by atoms with Crippen LogP contribution in [0.3, 0.4) is 0 Å². The van der Waals surface area contributed by atoms with Gasteiger partial charge in [-0.25, -0.2) is 4.79 Å². The van der Waals surface area contributed by atoms with E-state index in [4.69, 9.17) is 0 Å². The van der Waals surface area contributed by atoms with Crippen molar-refractivity contribution >= 4 is 5.91 Å². The maximum atomic E-state index is 12.8. The number of hydrogen-bond acceptors (Lipinski definition) is 1. The fraction of sp³-hybridized carbons (Fsp3) is 0.974. The maximum Gasteiger partial charge on any atom is 0.313 e. The van der Waals surface area contributed by atoms with Gasteiger partial charge < -0.3 is 0 Å². The molecule has 0 atom stereocenters. The van der Waals surface area contributed by atoms with E-state index in [9.17, 15) is 4.79 Å². The molecule has 0 saturated heterocycles. The molecule has 0 aliphatic heterocycles. The molecule has 0 aliphatic carbocycles. The molecule has 240 valence electrons. The predicted octanol–water partition coefficient (Wildman–Crippen LogP) is 13.1. The van der Waals surface area contributed by atoms with E-state index in [1.54, 1.807) is 0 Å². The molecule has 1 amide bonds. The van der Waals surface area contributed by atoms with Gasteiger partial charge in [-0.15, -0.1) is 0 Å². The number of hydrogen-bond donors (Lipinski definition) is 0. The van der Waals surface area contributed by atoms with Crippen molar-refractivity contribution in [3.8, 4) is 0 Å². The molecule has 0 aromatic rings. The molecular formula is C38H78NO+. The van der Waals surface area contributed by atoms with Crippen LogP contribution < -0.4 is 0 Å². The zero-order valence-corrected chi connectivity index (χ0v) is 28.7. The highest BCUT2D eigenvalue weighted by atomic mass is 16.2. The first-order chi connectivity index (χ1) is 19.5. The number of carbonyl (C=O) groups is 1. The summed E-state index contributed by atoms with van der Waals surface area (Å²) in [5.41, 5.74) is 0. The normalized spacial score (nSPS) is 11.9. The Balaban J connectivity index is 3.40. The van der Waals surface area contributed by atoms with Gasteiger partial charge in [-0.2, -0.15) is 0 Å². The zero-order valence-electron chi connectivity index (χ0n) is 28.7. The molecule has 0 rings (SSSR count). The van der Waals surface area contributed by atoms with Gasteiger partial charge in [0.15, 0.2) is 0 Å². The summed E-state index contributed by atoms with van der Waals surface area (Å²) in [4.78, 5) is 12.8. The summed E-state index contributed by atoms with van der Waals surface area (Å²) in [7, 11) is 4.28. The SMILES string of the molecule is CCCCCCCCCCCCCCCCCC[N+](C)(C)C(=O)CCCCCCCCCCCCCCCCC. The predicted molar refractivity (Wildman–Crippen MR) is 181 cm³/mol. The minimum absolute atomic E-state index is 0.454. The molecule has 0 N–H and O–H groups in total. The van der Waals surface area contributed by atoms with Crippen molar-refractivity contribution in [1.82, 2.24) is 0 Å². The smallest absolute Gasteiger partial charge is 0.265 e. The molecular weight excluding hydrogens is 486 g/mol. The second kappa shape index (κ2) is 31.6. The standard InChI is InChI=1S/C38H78NO/c1-5-7-9-11-13-15-17-19-21-23-25-27-29-31-33-35-37-39(3,4)38(40)36-34-32-30-28-26-24-22-20-18-16-14-12-10-8-6-2/h5-37H2,1-4H3/q+1. The van der Waals surface area contributed by atoms with E-state index < -0.39 is 0 Å². The van der Waals surface area contributed by atoms with Crippen LogP contribution in [0.4, 0.5) is 0 Å². The monoisotopic (exact) mass is 565 g/mol. The Labute approximate surface area is 254 Å². The van der Waals surface area contributed by atoms with Crippen LogP contribution in [0.1, 0.15) is 219 Å². The Morgan fingerprint density at radius 2 is 0.575 bits per heavy atom. The van der Waals surface area contributed by atoms with Crippen molar-refractivity contribution in [1.29, 1.82) is 0 Å². The minimum atomic E-state index is 0.454. The van der Waals surface area contributed by atoms with Gasteiger partial charge in [0.1, 0.15) is 0 Å². The molecule has 0 fully saturated rings. The molecule has 0 unspecified atom stereocenters. The lowest BCUT2D eigenvalue weighted by atomic mass is 10.0. The van der Waals surface area contributed by atoms with Gasteiger partial charge in [-0.3, -0.25) is 4.48 Å². The van der Waals surface area contributed by atoms with Crippen LogP contribution in [-0.4, -0.2) is 31.0 Å². The van der Waals surface area contributed by atoms with Gasteiger partial charge in [0, 0.05) is 0 Å². The molecule has 0 bridgehead atoms. The second-order valence-corrected chi connectivity index (χ2v) is 13.8. The average Bonchev–Trinajstić information content (AvgIpc) is 2.94. The van der Waals surface area contributed by atoms with Crippen LogP contribution in [0.15, 0.2) is 0 Å². The lowest BCUT2D eigenvalue weighted by molar-refractivity contribution is -0.814. The summed E-state index contributed by atoms with van der Waals surface area (Å²) in [6, 6.07) is 0. The van der Waals surface area contributed by atoms with Crippen molar-refractivity contribution < 1.29 is 9.28 Å². The van der Waals surface area contributed by atoms with Gasteiger partial charge in [0.2, 0.25) is 0 Å². The Morgan fingerprint density at radius 3 is 0.850 bits per heavy atom. The quantitative estimate of drug-likeness (QED) is 0.0572. The van der Waals surface area contributed by atoms with Gasteiger partial charge in [0.05, 0.1) is 27.1 Å². The third-order valence-corrected chi connectivity index (χ3v) is 9.24. The Kier molecular flexibility index (Phi) is 31.3. The molecule has 0 saturated carbocycles. The number of nitrogens with zero attached hydrogens (tertiary/aromatic N) is 1. The van der Waals surface area contributed by atoms with E-state index in [0.717, 1.165) is 19.4 Å². The first-order valence-electron chi connectivity index (χ1n) is 18.9. The Hall–Kier alpha value is -0.370. The van der Waals surface area contributed by atoms with E-state index >= 15 is 0 Å². The summed E-state index contributed by atoms with van der Waals surface area (Å²) < 4.78 is 0.594. The van der Waals surface area contributed by atoms with Crippen molar-refractivity contribution in [2.45, 2.75) is 219 Å². The maximum absolute atomic E-state index is 12.8. The summed E-state index contributed by atoms with van der Waals surface area (Å²) in [5, 5.41) is 0. The Bertz CT molecular complexity index is 500. The first-order valence-corrected chi connectivity index (χ1v) is 18.9. The third-order valence-electron chi connectivity index (χ3n) is 9.24. The number of carbonyl (C=O) groups excluding carboxylic acids is 1. The summed E-state index contributed by atoms with van der Waals surface area (Å²) in [5.74, 6) is 0.454. The topological polar surface area (TPSA) is 17.1 Å². The van der Waals surface area contributed by atoms with Crippen LogP contribution in [0, 0.1) is 0 Å². The van der Waals surface area contributed by atoms with Crippen LogP contribution in [0.25, 0.3) is 0 Å². The molecule has 0 spiro atoms. The first kappa shape index (κ1) is 39.6. The van der Waals surface area contributed by atoms with Gasteiger partial charge in [-0.1, -0.05) is 194 Å². The average molecular weight is 565 g/mol. The number of rotatable bonds is 33. The van der Waals surface area contributed by atoms with E-state index in [0.29, 0.717) is 10.4 Å². The van der Waals surface area contributed by atoms with Crippen LogP contribution >= 0.6 is 0 Å². The Morgan fingerprint density at radius 1 is 0.350 bits per heavy atom. The zero-order chi connectivity index (χ0) is 29.4. The molecule has 0 radical (unpaired) electrons. The lowest BCUT2D eigenvalue weighted by Crippen LogP contribution is -2.46. The van der Waals surface area contributed by atoms with Gasteiger partial charge >= 0.3 is 5.91 Å². The number of unbranched alkanes of at least 4 members (excludes halogenated alkanes) is 29. The molecule has 2 heteroatoms. The fourth-order valence-electron chi connectivity index (χ4n) is 6.13. The van der Waals surface area contributed by atoms with E-state index in [1.807, 2.05) is 0 Å². The van der Waals surface area contributed by atoms with Crippen molar-refractivity contribution in [2.75, 3.05) is 20.6 Å². The number of quaternary nitrogens is 1. The summed E-state index contributed by atoms with van der Waals surface area (Å²) >= 11 is 0. The van der Waals surface area contributed by atoms with Gasteiger partial charge in [0.25, 0.3) is 0 Å². The van der Waals surface area contributed by atoms with Crippen molar-refractivity contribution in [3.63, 3.8) is 0 Å². The van der Waals surface area contributed by atoms with Crippen LogP contribution in [0.5, 0.6) is 0 Å². The molecule has 0 aromatic carbocycles. The van der Waals surface area contributed by atoms with E-state index in [-0.39, 0.29) is 0 Å². The minimum Gasteiger partial charge on any atom is -0.265 e. The summed E-state index contributed by atoms with van der Waals surface area (Å²) in [6.07, 6.45) is 44.0. The molecule has 40 heavy (non-hydrogen) atoms. The highest BCUT2D eigenvalue weighted by molar-refractivity contribution is 5.68. The van der Waals surface area contributed by atoms with Crippen molar-refractivity contribution in [3.05, 3.63) is 0 Å². The molecule has 2 nitrogen and oxygen atoms in total. The molecule has 0 heterocycles. The number of amides is 1. The summed E-state index contributed by atoms with van der Waals surface area (Å²) in [6.45, 7) is 5.62. The third kappa shape index (κ3) is 29.1. The fourth-order valence-corrected chi connectivity index (χ4v) is 6.13. The second-order valence-electron chi connectivity index (χ2n) is 13.8. The van der Waals surface area contributed by atoms with Crippen molar-refractivity contribution in [2.24, 2.45) is 0 Å². The van der Waals surface area contributed by atoms with E-state index in [1.165, 1.54) is 193 Å². The largest absolute Gasteiger partial charge is 0.313 e.